The first-order valence-electron chi connectivity index (χ1n) is 6.78. The molecule has 1 aromatic heterocycles. The van der Waals surface area contributed by atoms with Crippen LogP contribution in [-0.2, 0) is 0 Å². The van der Waals surface area contributed by atoms with Gasteiger partial charge in [0.1, 0.15) is 0 Å². The maximum Gasteiger partial charge on any atom is 0.185 e. The van der Waals surface area contributed by atoms with Crippen LogP contribution < -0.4 is 4.90 Å². The zero-order valence-electron chi connectivity index (χ0n) is 10.1. The third-order valence-corrected chi connectivity index (χ3v) is 5.66. The zero-order chi connectivity index (χ0) is 11.2. The summed E-state index contributed by atoms with van der Waals surface area (Å²) in [4.78, 5) is 9.55. The van der Waals surface area contributed by atoms with Crippen molar-refractivity contribution in [2.45, 2.75) is 25.3 Å². The minimum atomic E-state index is 0.810. The highest BCUT2D eigenvalue weighted by Gasteiger charge is 2.42. The van der Waals surface area contributed by atoms with Gasteiger partial charge in [-0.25, -0.2) is 4.98 Å². The van der Waals surface area contributed by atoms with Gasteiger partial charge in [-0.1, -0.05) is 6.42 Å². The van der Waals surface area contributed by atoms with Gasteiger partial charge in [0.25, 0.3) is 0 Å². The summed E-state index contributed by atoms with van der Waals surface area (Å²) in [6.45, 7) is 5.15. The molecule has 2 aliphatic heterocycles. The molecule has 3 fully saturated rings. The second kappa shape index (κ2) is 3.95. The molecule has 92 valence electrons. The minimum Gasteiger partial charge on any atom is -0.345 e. The normalized spacial score (nSPS) is 34.0. The van der Waals surface area contributed by atoms with Gasteiger partial charge in [0.05, 0.1) is 0 Å². The molecular weight excluding hydrogens is 230 g/mol. The Morgan fingerprint density at radius 1 is 1.12 bits per heavy atom. The molecule has 2 unspecified atom stereocenters. The van der Waals surface area contributed by atoms with E-state index in [2.05, 4.69) is 20.2 Å². The van der Waals surface area contributed by atoms with Gasteiger partial charge in [0.2, 0.25) is 0 Å². The molecule has 3 nitrogen and oxygen atoms in total. The largest absolute Gasteiger partial charge is 0.345 e. The van der Waals surface area contributed by atoms with Gasteiger partial charge >= 0.3 is 0 Å². The van der Waals surface area contributed by atoms with Crippen LogP contribution in [0.3, 0.4) is 0 Å². The van der Waals surface area contributed by atoms with Crippen LogP contribution in [0.25, 0.3) is 0 Å². The molecule has 1 aliphatic carbocycles. The van der Waals surface area contributed by atoms with Crippen LogP contribution in [-0.4, -0.2) is 42.1 Å². The predicted molar refractivity (Wildman–Crippen MR) is 70.5 cm³/mol. The van der Waals surface area contributed by atoms with Crippen LogP contribution in [0.1, 0.15) is 19.3 Å². The Balaban J connectivity index is 1.35. The monoisotopic (exact) mass is 249 g/mol. The number of anilines is 1. The maximum absolute atomic E-state index is 4.38. The number of hydrogen-bond acceptors (Lipinski definition) is 4. The van der Waals surface area contributed by atoms with Crippen molar-refractivity contribution in [2.75, 3.05) is 31.1 Å². The van der Waals surface area contributed by atoms with Gasteiger partial charge in [-0.2, -0.15) is 0 Å². The molecule has 3 aliphatic rings. The third-order valence-electron chi connectivity index (χ3n) is 4.82. The molecular formula is C13H19N3S. The molecule has 0 spiro atoms. The number of aromatic nitrogens is 1. The molecule has 0 N–H and O–H groups in total. The molecule has 2 saturated heterocycles. The third kappa shape index (κ3) is 1.69. The van der Waals surface area contributed by atoms with E-state index in [1.165, 1.54) is 50.6 Å². The molecule has 4 heteroatoms. The molecule has 1 saturated carbocycles. The van der Waals surface area contributed by atoms with Crippen molar-refractivity contribution >= 4 is 16.5 Å². The van der Waals surface area contributed by atoms with E-state index in [-0.39, 0.29) is 0 Å². The predicted octanol–water partition coefficient (Wildman–Crippen LogP) is 2.06. The summed E-state index contributed by atoms with van der Waals surface area (Å²) in [5.41, 5.74) is 0. The van der Waals surface area contributed by atoms with E-state index in [0.29, 0.717) is 0 Å². The van der Waals surface area contributed by atoms with Crippen molar-refractivity contribution in [2.24, 2.45) is 11.8 Å². The number of nitrogens with zero attached hydrogens (tertiary/aromatic N) is 3. The summed E-state index contributed by atoms with van der Waals surface area (Å²) in [7, 11) is 0. The molecule has 0 aromatic carbocycles. The Kier molecular flexibility index (Phi) is 2.40. The maximum atomic E-state index is 4.38. The summed E-state index contributed by atoms with van der Waals surface area (Å²) in [6, 6.07) is 0.810. The number of likely N-dealkylation sites (tertiary alicyclic amines) is 1. The van der Waals surface area contributed by atoms with Crippen LogP contribution in [0.4, 0.5) is 5.13 Å². The second-order valence-corrected chi connectivity index (χ2v) is 6.65. The Labute approximate surface area is 106 Å². The van der Waals surface area contributed by atoms with Crippen LogP contribution in [0, 0.1) is 11.8 Å². The van der Waals surface area contributed by atoms with Crippen molar-refractivity contribution in [1.29, 1.82) is 0 Å². The highest BCUT2D eigenvalue weighted by Crippen LogP contribution is 2.39. The van der Waals surface area contributed by atoms with Crippen molar-refractivity contribution in [3.8, 4) is 0 Å². The van der Waals surface area contributed by atoms with E-state index < -0.39 is 0 Å². The quantitative estimate of drug-likeness (QED) is 0.800. The Bertz CT molecular complexity index is 373. The Hall–Kier alpha value is -0.610. The number of fused-ring (bicyclic) bond motifs is 1. The van der Waals surface area contributed by atoms with Crippen molar-refractivity contribution < 1.29 is 0 Å². The molecule has 1 aromatic rings. The fraction of sp³-hybridized carbons (Fsp3) is 0.769. The summed E-state index contributed by atoms with van der Waals surface area (Å²) < 4.78 is 0. The molecule has 0 amide bonds. The number of thiazole rings is 1. The average Bonchev–Trinajstić information content (AvgIpc) is 2.87. The summed E-state index contributed by atoms with van der Waals surface area (Å²) >= 11 is 1.76. The van der Waals surface area contributed by atoms with Gasteiger partial charge in [0.15, 0.2) is 5.13 Å². The van der Waals surface area contributed by atoms with Gasteiger partial charge in [-0.15, -0.1) is 11.3 Å². The topological polar surface area (TPSA) is 19.4 Å². The highest BCUT2D eigenvalue weighted by molar-refractivity contribution is 7.13. The summed E-state index contributed by atoms with van der Waals surface area (Å²) in [5, 5.41) is 3.28. The van der Waals surface area contributed by atoms with Gasteiger partial charge in [0, 0.05) is 43.8 Å². The standard InChI is InChI=1S/C13H19N3S/c1-2-10-6-15(7-11(10)3-1)12-8-16(9-12)13-14-4-5-17-13/h4-5,10-12H,1-3,6-9H2. The van der Waals surface area contributed by atoms with Crippen molar-refractivity contribution in [3.05, 3.63) is 11.6 Å². The van der Waals surface area contributed by atoms with Crippen LogP contribution in [0.2, 0.25) is 0 Å². The first-order chi connectivity index (χ1) is 8.40. The Morgan fingerprint density at radius 3 is 2.53 bits per heavy atom. The number of hydrogen-bond donors (Lipinski definition) is 0. The average molecular weight is 249 g/mol. The van der Waals surface area contributed by atoms with E-state index in [9.17, 15) is 0 Å². The first-order valence-corrected chi connectivity index (χ1v) is 7.66. The summed E-state index contributed by atoms with van der Waals surface area (Å²) in [5.74, 6) is 2.06. The fourth-order valence-corrected chi connectivity index (χ4v) is 4.45. The van der Waals surface area contributed by atoms with E-state index in [1.54, 1.807) is 11.3 Å². The van der Waals surface area contributed by atoms with Crippen LogP contribution >= 0.6 is 11.3 Å². The molecule has 0 radical (unpaired) electrons. The molecule has 17 heavy (non-hydrogen) atoms. The van der Waals surface area contributed by atoms with Crippen LogP contribution in [0.15, 0.2) is 11.6 Å². The van der Waals surface area contributed by atoms with Gasteiger partial charge in [-0.3, -0.25) is 4.90 Å². The van der Waals surface area contributed by atoms with Gasteiger partial charge in [-0.05, 0) is 24.7 Å². The molecule has 2 atom stereocenters. The van der Waals surface area contributed by atoms with Crippen molar-refractivity contribution in [3.63, 3.8) is 0 Å². The van der Waals surface area contributed by atoms with Crippen molar-refractivity contribution in [1.82, 2.24) is 9.88 Å². The molecule has 0 bridgehead atoms. The lowest BCUT2D eigenvalue weighted by Gasteiger charge is -2.44. The number of rotatable bonds is 2. The lowest BCUT2D eigenvalue weighted by atomic mass is 10.0. The zero-order valence-corrected chi connectivity index (χ0v) is 10.9. The fourth-order valence-electron chi connectivity index (χ4n) is 3.78. The first kappa shape index (κ1) is 10.3. The smallest absolute Gasteiger partial charge is 0.185 e. The molecule has 3 heterocycles. The van der Waals surface area contributed by atoms with E-state index >= 15 is 0 Å². The Morgan fingerprint density at radius 2 is 1.88 bits per heavy atom. The van der Waals surface area contributed by atoms with E-state index in [1.807, 2.05) is 6.20 Å². The van der Waals surface area contributed by atoms with Crippen LogP contribution in [0.5, 0.6) is 0 Å². The van der Waals surface area contributed by atoms with Gasteiger partial charge < -0.3 is 4.90 Å². The second-order valence-electron chi connectivity index (χ2n) is 5.78. The minimum absolute atomic E-state index is 0.810. The molecule has 4 rings (SSSR count). The lowest BCUT2D eigenvalue weighted by Crippen LogP contribution is -2.59. The SMILES string of the molecule is c1csc(N2CC(N3CC4CCCC4C3)C2)n1. The van der Waals surface area contributed by atoms with E-state index in [4.69, 9.17) is 0 Å². The van der Waals surface area contributed by atoms with E-state index in [0.717, 1.165) is 17.9 Å². The lowest BCUT2D eigenvalue weighted by molar-refractivity contribution is 0.190. The summed E-state index contributed by atoms with van der Waals surface area (Å²) in [6.07, 6.45) is 6.38. The highest BCUT2D eigenvalue weighted by atomic mass is 32.1.